The number of hydroxylamine groups is 2. The third kappa shape index (κ3) is 2.31. The molecule has 1 amide bonds. The fourth-order valence-electron chi connectivity index (χ4n) is 1.68. The molecule has 16 heavy (non-hydrogen) atoms. The first-order valence-corrected chi connectivity index (χ1v) is 5.40. The van der Waals surface area contributed by atoms with Gasteiger partial charge in [-0.2, -0.15) is 0 Å². The van der Waals surface area contributed by atoms with Crippen LogP contribution in [0, 0.1) is 5.92 Å². The Morgan fingerprint density at radius 3 is 2.81 bits per heavy atom. The molecule has 0 saturated carbocycles. The highest BCUT2D eigenvalue weighted by atomic mass is 16.7. The molecule has 1 aliphatic rings. The van der Waals surface area contributed by atoms with Crippen LogP contribution in [0.4, 0.5) is 0 Å². The van der Waals surface area contributed by atoms with Gasteiger partial charge in [0.1, 0.15) is 6.61 Å². The molecular formula is C13H15NO2. The summed E-state index contributed by atoms with van der Waals surface area (Å²) in [6, 6.07) is 9.82. The number of carbonyl (C=O) groups excluding carboxylic acids is 1. The fourth-order valence-corrected chi connectivity index (χ4v) is 1.68. The van der Waals surface area contributed by atoms with Crippen LogP contribution >= 0.6 is 0 Å². The highest BCUT2D eigenvalue weighted by molar-refractivity contribution is 5.83. The molecule has 3 heteroatoms. The molecule has 1 heterocycles. The Kier molecular flexibility index (Phi) is 3.37. The van der Waals surface area contributed by atoms with Crippen LogP contribution in [-0.2, 0) is 16.2 Å². The van der Waals surface area contributed by atoms with E-state index < -0.39 is 0 Å². The largest absolute Gasteiger partial charge is 0.272 e. The molecule has 1 saturated heterocycles. The van der Waals surface area contributed by atoms with Crippen LogP contribution in [0.15, 0.2) is 43.0 Å². The van der Waals surface area contributed by atoms with E-state index >= 15 is 0 Å². The number of carbonyl (C=O) groups is 1. The SMILES string of the molecule is C=CCC1CN(OCc2ccccc2)C1=O. The normalized spacial score (nSPS) is 19.4. The van der Waals surface area contributed by atoms with Crippen LogP contribution in [-0.4, -0.2) is 17.5 Å². The summed E-state index contributed by atoms with van der Waals surface area (Å²) in [6.45, 7) is 4.75. The maximum atomic E-state index is 11.5. The molecule has 0 bridgehead atoms. The van der Waals surface area contributed by atoms with E-state index in [9.17, 15) is 4.79 Å². The molecule has 0 aliphatic carbocycles. The summed E-state index contributed by atoms with van der Waals surface area (Å²) < 4.78 is 0. The summed E-state index contributed by atoms with van der Waals surface area (Å²) in [4.78, 5) is 16.9. The number of nitrogens with zero attached hydrogens (tertiary/aromatic N) is 1. The van der Waals surface area contributed by atoms with E-state index in [0.717, 1.165) is 12.0 Å². The van der Waals surface area contributed by atoms with Crippen LogP contribution in [0.3, 0.4) is 0 Å². The molecule has 1 aromatic carbocycles. The molecule has 1 unspecified atom stereocenters. The van der Waals surface area contributed by atoms with Crippen LogP contribution in [0.2, 0.25) is 0 Å². The highest BCUT2D eigenvalue weighted by Crippen LogP contribution is 2.22. The number of rotatable bonds is 5. The lowest BCUT2D eigenvalue weighted by Gasteiger charge is -2.36. The first kappa shape index (κ1) is 10.9. The molecule has 1 fully saturated rings. The Bertz CT molecular complexity index is 375. The first-order valence-electron chi connectivity index (χ1n) is 5.40. The van der Waals surface area contributed by atoms with E-state index in [1.54, 1.807) is 6.08 Å². The number of hydrogen-bond acceptors (Lipinski definition) is 2. The maximum absolute atomic E-state index is 11.5. The Balaban J connectivity index is 1.77. The Labute approximate surface area is 95.3 Å². The second-order valence-electron chi connectivity index (χ2n) is 3.88. The average Bonchev–Trinajstić information content (AvgIpc) is 2.33. The average molecular weight is 217 g/mol. The van der Waals surface area contributed by atoms with Gasteiger partial charge >= 0.3 is 0 Å². The smallest absolute Gasteiger partial charge is 0.251 e. The van der Waals surface area contributed by atoms with Crippen LogP contribution in [0.1, 0.15) is 12.0 Å². The van der Waals surface area contributed by atoms with Gasteiger partial charge in [0.15, 0.2) is 0 Å². The summed E-state index contributed by atoms with van der Waals surface area (Å²) >= 11 is 0. The minimum atomic E-state index is 0.0656. The molecule has 1 atom stereocenters. The third-order valence-corrected chi connectivity index (χ3v) is 2.66. The number of benzene rings is 1. The van der Waals surface area contributed by atoms with Crippen molar-refractivity contribution in [1.82, 2.24) is 5.06 Å². The zero-order valence-electron chi connectivity index (χ0n) is 9.13. The lowest BCUT2D eigenvalue weighted by molar-refractivity contribution is -0.225. The monoisotopic (exact) mass is 217 g/mol. The number of amides is 1. The van der Waals surface area contributed by atoms with Gasteiger partial charge in [0.05, 0.1) is 12.5 Å². The number of β-lactam (4-membered cyclic amide) rings is 1. The quantitative estimate of drug-likeness (QED) is 0.558. The highest BCUT2D eigenvalue weighted by Gasteiger charge is 2.36. The maximum Gasteiger partial charge on any atom is 0.251 e. The lowest BCUT2D eigenvalue weighted by atomic mass is 9.98. The number of hydrogen-bond donors (Lipinski definition) is 0. The predicted octanol–water partition coefficient (Wildman–Crippen LogP) is 2.15. The van der Waals surface area contributed by atoms with Gasteiger partial charge in [-0.25, -0.2) is 5.06 Å². The van der Waals surface area contributed by atoms with Crippen molar-refractivity contribution in [3.8, 4) is 0 Å². The number of allylic oxidation sites excluding steroid dienone is 1. The van der Waals surface area contributed by atoms with Crippen LogP contribution < -0.4 is 0 Å². The summed E-state index contributed by atoms with van der Waals surface area (Å²) in [7, 11) is 0. The van der Waals surface area contributed by atoms with E-state index in [4.69, 9.17) is 4.84 Å². The van der Waals surface area contributed by atoms with Crippen molar-refractivity contribution in [2.24, 2.45) is 5.92 Å². The van der Waals surface area contributed by atoms with Crippen molar-refractivity contribution in [3.63, 3.8) is 0 Å². The van der Waals surface area contributed by atoms with Gasteiger partial charge in [-0.05, 0) is 12.0 Å². The molecule has 2 rings (SSSR count). The van der Waals surface area contributed by atoms with Crippen LogP contribution in [0.25, 0.3) is 0 Å². The standard InChI is InChI=1S/C13H15NO2/c1-2-6-12-9-14(13(12)15)16-10-11-7-4-3-5-8-11/h2-5,7-8,12H,1,6,9-10H2. The van der Waals surface area contributed by atoms with Gasteiger partial charge < -0.3 is 0 Å². The molecule has 0 aromatic heterocycles. The van der Waals surface area contributed by atoms with Crippen molar-refractivity contribution in [1.29, 1.82) is 0 Å². The second kappa shape index (κ2) is 4.94. The Morgan fingerprint density at radius 2 is 2.19 bits per heavy atom. The molecular weight excluding hydrogens is 202 g/mol. The summed E-state index contributed by atoms with van der Waals surface area (Å²) in [5.41, 5.74) is 1.07. The van der Waals surface area contributed by atoms with E-state index in [2.05, 4.69) is 6.58 Å². The minimum Gasteiger partial charge on any atom is -0.272 e. The van der Waals surface area contributed by atoms with Crippen molar-refractivity contribution in [2.75, 3.05) is 6.54 Å². The summed E-state index contributed by atoms with van der Waals surface area (Å²) in [6.07, 6.45) is 2.52. The Morgan fingerprint density at radius 1 is 1.44 bits per heavy atom. The van der Waals surface area contributed by atoms with Gasteiger partial charge in [-0.3, -0.25) is 9.63 Å². The second-order valence-corrected chi connectivity index (χ2v) is 3.88. The van der Waals surface area contributed by atoms with Crippen molar-refractivity contribution in [2.45, 2.75) is 13.0 Å². The summed E-state index contributed by atoms with van der Waals surface area (Å²) in [5, 5.41) is 1.43. The molecule has 84 valence electrons. The van der Waals surface area contributed by atoms with Crippen LogP contribution in [0.5, 0.6) is 0 Å². The van der Waals surface area contributed by atoms with Gasteiger partial charge in [0, 0.05) is 0 Å². The van der Waals surface area contributed by atoms with E-state index in [-0.39, 0.29) is 11.8 Å². The Hall–Kier alpha value is -1.61. The molecule has 1 aliphatic heterocycles. The van der Waals surface area contributed by atoms with Gasteiger partial charge in [-0.1, -0.05) is 36.4 Å². The van der Waals surface area contributed by atoms with Crippen molar-refractivity contribution < 1.29 is 9.63 Å². The zero-order valence-corrected chi connectivity index (χ0v) is 9.13. The molecule has 0 N–H and O–H groups in total. The fraction of sp³-hybridized carbons (Fsp3) is 0.308. The topological polar surface area (TPSA) is 29.5 Å². The van der Waals surface area contributed by atoms with E-state index in [0.29, 0.717) is 13.2 Å². The van der Waals surface area contributed by atoms with E-state index in [1.807, 2.05) is 30.3 Å². The van der Waals surface area contributed by atoms with Crippen molar-refractivity contribution in [3.05, 3.63) is 48.6 Å². The molecule has 1 aromatic rings. The molecule has 0 spiro atoms. The minimum absolute atomic E-state index is 0.0656. The van der Waals surface area contributed by atoms with Crippen molar-refractivity contribution >= 4 is 5.91 Å². The van der Waals surface area contributed by atoms with Gasteiger partial charge in [0.25, 0.3) is 5.91 Å². The summed E-state index contributed by atoms with van der Waals surface area (Å²) in [5.74, 6) is 0.143. The zero-order chi connectivity index (χ0) is 11.4. The van der Waals surface area contributed by atoms with E-state index in [1.165, 1.54) is 5.06 Å². The van der Waals surface area contributed by atoms with Gasteiger partial charge in [0.2, 0.25) is 0 Å². The molecule has 3 nitrogen and oxygen atoms in total. The van der Waals surface area contributed by atoms with Gasteiger partial charge in [-0.15, -0.1) is 6.58 Å². The first-order chi connectivity index (χ1) is 7.81. The molecule has 0 radical (unpaired) electrons. The third-order valence-electron chi connectivity index (χ3n) is 2.66. The predicted molar refractivity (Wildman–Crippen MR) is 61.2 cm³/mol. The lowest BCUT2D eigenvalue weighted by Crippen LogP contribution is -2.51.